The summed E-state index contributed by atoms with van der Waals surface area (Å²) in [6, 6.07) is 15.5. The first kappa shape index (κ1) is 17.7. The number of carbonyl (C=O) groups excluding carboxylic acids is 1. The highest BCUT2D eigenvalue weighted by Crippen LogP contribution is 2.15. The highest BCUT2D eigenvalue weighted by atomic mass is 35.5. The summed E-state index contributed by atoms with van der Waals surface area (Å²) in [5, 5.41) is 3.60. The van der Waals surface area contributed by atoms with E-state index in [1.54, 1.807) is 11.8 Å². The molecular weight excluding hydrogens is 330 g/mol. The molecule has 0 aromatic heterocycles. The molecule has 23 heavy (non-hydrogen) atoms. The molecule has 0 aliphatic heterocycles. The predicted octanol–water partition coefficient (Wildman–Crippen LogP) is 4.08. The van der Waals surface area contributed by atoms with Gasteiger partial charge in [-0.15, -0.1) is 0 Å². The second-order valence-electron chi connectivity index (χ2n) is 5.13. The summed E-state index contributed by atoms with van der Waals surface area (Å²) >= 11 is 7.62. The Labute approximate surface area is 146 Å². The SMILES string of the molecule is Cc1ccc(OCC(=O)NCCSCc2ccc(Cl)cc2)cc1. The third kappa shape index (κ3) is 6.97. The normalized spacial score (nSPS) is 10.3. The number of hydrogen-bond acceptors (Lipinski definition) is 3. The minimum Gasteiger partial charge on any atom is -0.484 e. The summed E-state index contributed by atoms with van der Waals surface area (Å²) in [5.41, 5.74) is 2.40. The number of rotatable bonds is 8. The van der Waals surface area contributed by atoms with E-state index < -0.39 is 0 Å². The maximum absolute atomic E-state index is 11.7. The Balaban J connectivity index is 1.56. The van der Waals surface area contributed by atoms with Crippen molar-refractivity contribution < 1.29 is 9.53 Å². The monoisotopic (exact) mass is 349 g/mol. The van der Waals surface area contributed by atoms with Crippen LogP contribution < -0.4 is 10.1 Å². The van der Waals surface area contributed by atoms with E-state index in [0.29, 0.717) is 12.3 Å². The molecular formula is C18H20ClNO2S. The van der Waals surface area contributed by atoms with Gasteiger partial charge in [0.2, 0.25) is 0 Å². The van der Waals surface area contributed by atoms with E-state index in [9.17, 15) is 4.79 Å². The van der Waals surface area contributed by atoms with Gasteiger partial charge < -0.3 is 10.1 Å². The maximum atomic E-state index is 11.7. The van der Waals surface area contributed by atoms with Crippen LogP contribution in [0.3, 0.4) is 0 Å². The standard InChI is InChI=1S/C18H20ClNO2S/c1-14-2-8-17(9-3-14)22-12-18(21)20-10-11-23-13-15-4-6-16(19)7-5-15/h2-9H,10-13H2,1H3,(H,20,21). The lowest BCUT2D eigenvalue weighted by molar-refractivity contribution is -0.122. The van der Waals surface area contributed by atoms with Crippen molar-refractivity contribution >= 4 is 29.3 Å². The molecule has 0 fully saturated rings. The summed E-state index contributed by atoms with van der Waals surface area (Å²) in [5.74, 6) is 2.38. The van der Waals surface area contributed by atoms with Crippen LogP contribution in [0.2, 0.25) is 5.02 Å². The fourth-order valence-corrected chi connectivity index (χ4v) is 2.81. The molecule has 0 atom stereocenters. The first-order valence-electron chi connectivity index (χ1n) is 7.42. The van der Waals surface area contributed by atoms with E-state index in [4.69, 9.17) is 16.3 Å². The molecule has 0 spiro atoms. The van der Waals surface area contributed by atoms with Gasteiger partial charge in [-0.1, -0.05) is 41.4 Å². The van der Waals surface area contributed by atoms with Crippen molar-refractivity contribution in [3.8, 4) is 5.75 Å². The highest BCUT2D eigenvalue weighted by molar-refractivity contribution is 7.98. The zero-order chi connectivity index (χ0) is 16.5. The van der Waals surface area contributed by atoms with Crippen LogP contribution >= 0.6 is 23.4 Å². The molecule has 1 N–H and O–H groups in total. The van der Waals surface area contributed by atoms with Gasteiger partial charge in [0.25, 0.3) is 5.91 Å². The molecule has 0 saturated heterocycles. The second-order valence-corrected chi connectivity index (χ2v) is 6.67. The van der Waals surface area contributed by atoms with Gasteiger partial charge in [0.15, 0.2) is 6.61 Å². The Bertz CT molecular complexity index is 614. The summed E-state index contributed by atoms with van der Waals surface area (Å²) in [4.78, 5) is 11.7. The molecule has 0 heterocycles. The molecule has 2 aromatic carbocycles. The van der Waals surface area contributed by atoms with E-state index in [-0.39, 0.29) is 12.5 Å². The minimum atomic E-state index is -0.0994. The molecule has 0 radical (unpaired) electrons. The lowest BCUT2D eigenvalue weighted by atomic mass is 10.2. The van der Waals surface area contributed by atoms with Crippen molar-refractivity contribution in [3.63, 3.8) is 0 Å². The lowest BCUT2D eigenvalue weighted by Gasteiger charge is -2.08. The topological polar surface area (TPSA) is 38.3 Å². The average molecular weight is 350 g/mol. The number of halogens is 1. The van der Waals surface area contributed by atoms with E-state index in [2.05, 4.69) is 5.32 Å². The molecule has 2 aromatic rings. The molecule has 5 heteroatoms. The lowest BCUT2D eigenvalue weighted by Crippen LogP contribution is -2.30. The van der Waals surface area contributed by atoms with Crippen molar-refractivity contribution in [1.82, 2.24) is 5.32 Å². The fourth-order valence-electron chi connectivity index (χ4n) is 1.87. The predicted molar refractivity (Wildman–Crippen MR) is 97.3 cm³/mol. The molecule has 2 rings (SSSR count). The van der Waals surface area contributed by atoms with Gasteiger partial charge in [0.1, 0.15) is 5.75 Å². The maximum Gasteiger partial charge on any atom is 0.257 e. The van der Waals surface area contributed by atoms with Gasteiger partial charge in [-0.3, -0.25) is 4.79 Å². The smallest absolute Gasteiger partial charge is 0.257 e. The van der Waals surface area contributed by atoms with Gasteiger partial charge in [0, 0.05) is 23.1 Å². The van der Waals surface area contributed by atoms with E-state index >= 15 is 0 Å². The van der Waals surface area contributed by atoms with Crippen LogP contribution in [0.25, 0.3) is 0 Å². The number of benzene rings is 2. The third-order valence-corrected chi connectivity index (χ3v) is 4.42. The molecule has 0 aliphatic rings. The largest absolute Gasteiger partial charge is 0.484 e. The molecule has 3 nitrogen and oxygen atoms in total. The zero-order valence-corrected chi connectivity index (χ0v) is 14.6. The number of ether oxygens (including phenoxy) is 1. The summed E-state index contributed by atoms with van der Waals surface area (Å²) < 4.78 is 5.43. The van der Waals surface area contributed by atoms with Crippen LogP contribution in [0, 0.1) is 6.92 Å². The van der Waals surface area contributed by atoms with Crippen LogP contribution in [-0.4, -0.2) is 24.8 Å². The van der Waals surface area contributed by atoms with E-state index in [1.165, 1.54) is 11.1 Å². The molecule has 122 valence electrons. The first-order chi connectivity index (χ1) is 11.1. The van der Waals surface area contributed by atoms with Gasteiger partial charge >= 0.3 is 0 Å². The van der Waals surface area contributed by atoms with Crippen LogP contribution in [0.4, 0.5) is 0 Å². The number of aryl methyl sites for hydroxylation is 1. The summed E-state index contributed by atoms with van der Waals surface area (Å²) in [6.07, 6.45) is 0. The number of thioether (sulfide) groups is 1. The van der Waals surface area contributed by atoms with E-state index in [1.807, 2.05) is 55.5 Å². The Morgan fingerprint density at radius 1 is 1.13 bits per heavy atom. The zero-order valence-electron chi connectivity index (χ0n) is 13.0. The highest BCUT2D eigenvalue weighted by Gasteiger charge is 2.02. The fraction of sp³-hybridized carbons (Fsp3) is 0.278. The van der Waals surface area contributed by atoms with Gasteiger partial charge in [-0.2, -0.15) is 11.8 Å². The summed E-state index contributed by atoms with van der Waals surface area (Å²) in [7, 11) is 0. The number of carbonyl (C=O) groups is 1. The van der Waals surface area contributed by atoms with Crippen molar-refractivity contribution in [2.45, 2.75) is 12.7 Å². The number of amides is 1. The van der Waals surface area contributed by atoms with Crippen LogP contribution in [0.15, 0.2) is 48.5 Å². The Morgan fingerprint density at radius 3 is 2.52 bits per heavy atom. The minimum absolute atomic E-state index is 0.0465. The van der Waals surface area contributed by atoms with Crippen molar-refractivity contribution in [1.29, 1.82) is 0 Å². The van der Waals surface area contributed by atoms with Gasteiger partial charge in [-0.05, 0) is 36.8 Å². The molecule has 0 unspecified atom stereocenters. The van der Waals surface area contributed by atoms with Gasteiger partial charge in [0.05, 0.1) is 0 Å². The molecule has 0 bridgehead atoms. The summed E-state index contributed by atoms with van der Waals surface area (Å²) in [6.45, 7) is 2.69. The van der Waals surface area contributed by atoms with Crippen LogP contribution in [0.1, 0.15) is 11.1 Å². The van der Waals surface area contributed by atoms with E-state index in [0.717, 1.165) is 16.5 Å². The quantitative estimate of drug-likeness (QED) is 0.730. The Kier molecular flexibility index (Phi) is 7.30. The Morgan fingerprint density at radius 2 is 1.83 bits per heavy atom. The first-order valence-corrected chi connectivity index (χ1v) is 8.95. The van der Waals surface area contributed by atoms with Crippen LogP contribution in [-0.2, 0) is 10.5 Å². The van der Waals surface area contributed by atoms with Crippen LogP contribution in [0.5, 0.6) is 5.75 Å². The second kappa shape index (κ2) is 9.48. The average Bonchev–Trinajstić information content (AvgIpc) is 2.56. The number of hydrogen-bond donors (Lipinski definition) is 1. The Hall–Kier alpha value is -1.65. The molecule has 1 amide bonds. The van der Waals surface area contributed by atoms with Crippen molar-refractivity contribution in [2.75, 3.05) is 18.9 Å². The van der Waals surface area contributed by atoms with Crippen molar-refractivity contribution in [3.05, 3.63) is 64.7 Å². The third-order valence-electron chi connectivity index (χ3n) is 3.14. The van der Waals surface area contributed by atoms with Gasteiger partial charge in [-0.25, -0.2) is 0 Å². The number of nitrogens with one attached hydrogen (secondary N) is 1. The molecule has 0 saturated carbocycles. The van der Waals surface area contributed by atoms with Crippen molar-refractivity contribution in [2.24, 2.45) is 0 Å². The molecule has 0 aliphatic carbocycles.